The number of hydrogen-bond donors (Lipinski definition) is 0. The predicted octanol–water partition coefficient (Wildman–Crippen LogP) is 3.76. The molecular weight excluding hydrogens is 481 g/mol. The molecule has 0 aromatic carbocycles. The van der Waals surface area contributed by atoms with Crippen LogP contribution in [0.1, 0.15) is 19.3 Å². The van der Waals surface area contributed by atoms with Crippen LogP contribution >= 0.6 is 45.7 Å². The molecule has 1 unspecified atom stereocenters. The Hall–Kier alpha value is -1.20. The molecule has 0 saturated carbocycles. The van der Waals surface area contributed by atoms with E-state index in [9.17, 15) is 4.79 Å². The second-order valence-corrected chi connectivity index (χ2v) is 9.14. The molecule has 4 rings (SSSR count). The first-order valence-corrected chi connectivity index (χ1v) is 11.8. The summed E-state index contributed by atoms with van der Waals surface area (Å²) in [6, 6.07) is 7.84. The Morgan fingerprint density at radius 3 is 2.81 bits per heavy atom. The summed E-state index contributed by atoms with van der Waals surface area (Å²) in [7, 11) is 0. The number of alkyl halides is 1. The highest BCUT2D eigenvalue weighted by Gasteiger charge is 2.26. The van der Waals surface area contributed by atoms with E-state index >= 15 is 0 Å². The molecule has 0 radical (unpaired) electrons. The van der Waals surface area contributed by atoms with Crippen molar-refractivity contribution in [3.63, 3.8) is 0 Å². The van der Waals surface area contributed by atoms with Gasteiger partial charge in [-0.15, -0.1) is 21.5 Å². The fraction of sp³-hybridized carbons (Fsp3) is 0.412. The second-order valence-electron chi connectivity index (χ2n) is 6.09. The minimum Gasteiger partial charge on any atom is -0.342 e. The van der Waals surface area contributed by atoms with Crippen molar-refractivity contribution in [3.05, 3.63) is 29.6 Å². The molecule has 0 aliphatic carbocycles. The number of halogens is 1. The third-order valence-corrected chi connectivity index (χ3v) is 7.78. The lowest BCUT2D eigenvalue weighted by Gasteiger charge is -2.29. The zero-order valence-electron chi connectivity index (χ0n) is 14.0. The number of thiophene rings is 1. The molecule has 3 aromatic heterocycles. The lowest BCUT2D eigenvalue weighted by atomic mass is 10.1. The Kier molecular flexibility index (Phi) is 5.75. The minimum atomic E-state index is -0.111. The van der Waals surface area contributed by atoms with E-state index in [1.54, 1.807) is 15.9 Å². The van der Waals surface area contributed by atoms with Crippen LogP contribution in [0.4, 0.5) is 0 Å². The fourth-order valence-corrected chi connectivity index (χ4v) is 5.50. The summed E-state index contributed by atoms with van der Waals surface area (Å²) in [5, 5.41) is 15.9. The number of carbonyl (C=O) groups is 1. The Bertz CT molecular complexity index is 892. The summed E-state index contributed by atoms with van der Waals surface area (Å²) >= 11 is 5.44. The first-order valence-electron chi connectivity index (χ1n) is 8.54. The Morgan fingerprint density at radius 1 is 1.23 bits per heavy atom. The zero-order chi connectivity index (χ0) is 17.9. The monoisotopic (exact) mass is 499 g/mol. The smallest absolute Gasteiger partial charge is 0.236 e. The number of carbonyl (C=O) groups excluding carboxylic acids is 1. The van der Waals surface area contributed by atoms with Crippen LogP contribution in [0.3, 0.4) is 0 Å². The van der Waals surface area contributed by atoms with Crippen molar-refractivity contribution >= 4 is 57.2 Å². The van der Waals surface area contributed by atoms with Gasteiger partial charge >= 0.3 is 0 Å². The van der Waals surface area contributed by atoms with Gasteiger partial charge in [-0.25, -0.2) is 0 Å². The number of hydrogen-bond acceptors (Lipinski definition) is 6. The number of aromatic nitrogens is 4. The van der Waals surface area contributed by atoms with Crippen LogP contribution in [0.2, 0.25) is 0 Å². The van der Waals surface area contributed by atoms with Gasteiger partial charge in [0.1, 0.15) is 5.03 Å². The third kappa shape index (κ3) is 3.74. The van der Waals surface area contributed by atoms with E-state index in [0.717, 1.165) is 46.1 Å². The number of rotatable bonds is 5. The van der Waals surface area contributed by atoms with E-state index in [-0.39, 0.29) is 11.2 Å². The molecule has 1 aliphatic heterocycles. The molecule has 0 spiro atoms. The van der Waals surface area contributed by atoms with Crippen molar-refractivity contribution < 1.29 is 4.79 Å². The first-order chi connectivity index (χ1) is 12.8. The number of fused-ring (bicyclic) bond motifs is 1. The summed E-state index contributed by atoms with van der Waals surface area (Å²) in [5.41, 5.74) is 0.714. The number of thioether (sulfide) groups is 1. The summed E-state index contributed by atoms with van der Waals surface area (Å²) in [6.07, 6.45) is 3.45. The first kappa shape index (κ1) is 18.2. The SMILES string of the molecule is O=C(C(CI)Sc1ccc2nnc(-c3cccs3)n2n1)N1CCCCC1. The van der Waals surface area contributed by atoms with Crippen molar-refractivity contribution in [1.29, 1.82) is 0 Å². The van der Waals surface area contributed by atoms with Crippen LogP contribution in [-0.2, 0) is 4.79 Å². The number of amides is 1. The van der Waals surface area contributed by atoms with Gasteiger partial charge in [-0.2, -0.15) is 9.61 Å². The van der Waals surface area contributed by atoms with Gasteiger partial charge in [0.25, 0.3) is 0 Å². The van der Waals surface area contributed by atoms with Crippen molar-refractivity contribution in [2.45, 2.75) is 29.5 Å². The third-order valence-electron chi connectivity index (χ3n) is 4.33. The zero-order valence-corrected chi connectivity index (χ0v) is 17.8. The molecule has 136 valence electrons. The standard InChI is InChI=1S/C17H18IN5OS2/c18-11-13(17(24)22-8-2-1-3-9-22)26-15-7-6-14-19-20-16(23(14)21-15)12-5-4-10-25-12/h4-7,10,13H,1-3,8-9,11H2. The molecule has 6 nitrogen and oxygen atoms in total. The maximum absolute atomic E-state index is 12.8. The lowest BCUT2D eigenvalue weighted by Crippen LogP contribution is -2.41. The van der Waals surface area contributed by atoms with Crippen LogP contribution in [0, 0.1) is 0 Å². The molecule has 0 bridgehead atoms. The highest BCUT2D eigenvalue weighted by Crippen LogP contribution is 2.28. The van der Waals surface area contributed by atoms with Gasteiger partial charge in [-0.1, -0.05) is 40.4 Å². The second kappa shape index (κ2) is 8.22. The fourth-order valence-electron chi connectivity index (χ4n) is 3.01. The molecule has 1 aliphatic rings. The van der Waals surface area contributed by atoms with Gasteiger partial charge in [0.15, 0.2) is 11.5 Å². The highest BCUT2D eigenvalue weighted by atomic mass is 127. The van der Waals surface area contributed by atoms with Crippen molar-refractivity contribution in [2.75, 3.05) is 17.5 Å². The largest absolute Gasteiger partial charge is 0.342 e. The topological polar surface area (TPSA) is 63.4 Å². The average molecular weight is 499 g/mol. The average Bonchev–Trinajstić information content (AvgIpc) is 3.35. The van der Waals surface area contributed by atoms with Crippen LogP contribution in [-0.4, -0.2) is 53.4 Å². The van der Waals surface area contributed by atoms with Crippen molar-refractivity contribution in [3.8, 4) is 10.7 Å². The molecule has 26 heavy (non-hydrogen) atoms. The van der Waals surface area contributed by atoms with E-state index in [1.165, 1.54) is 18.2 Å². The molecule has 4 heterocycles. The maximum Gasteiger partial charge on any atom is 0.236 e. The van der Waals surface area contributed by atoms with E-state index in [4.69, 9.17) is 5.10 Å². The van der Waals surface area contributed by atoms with Gasteiger partial charge < -0.3 is 4.90 Å². The predicted molar refractivity (Wildman–Crippen MR) is 113 cm³/mol. The Morgan fingerprint density at radius 2 is 2.08 bits per heavy atom. The molecule has 1 saturated heterocycles. The van der Waals surface area contributed by atoms with Gasteiger partial charge in [0.2, 0.25) is 5.91 Å². The van der Waals surface area contributed by atoms with Gasteiger partial charge in [-0.05, 0) is 42.8 Å². The van der Waals surface area contributed by atoms with Crippen LogP contribution in [0.15, 0.2) is 34.7 Å². The number of nitrogens with zero attached hydrogens (tertiary/aromatic N) is 5. The van der Waals surface area contributed by atoms with Crippen molar-refractivity contribution in [1.82, 2.24) is 24.7 Å². The molecule has 3 aromatic rings. The van der Waals surface area contributed by atoms with Crippen LogP contribution < -0.4 is 0 Å². The van der Waals surface area contributed by atoms with Gasteiger partial charge in [-0.3, -0.25) is 4.79 Å². The summed E-state index contributed by atoms with van der Waals surface area (Å²) in [6.45, 7) is 1.76. The number of likely N-dealkylation sites (tertiary alicyclic amines) is 1. The summed E-state index contributed by atoms with van der Waals surface area (Å²) < 4.78 is 2.53. The van der Waals surface area contributed by atoms with Crippen LogP contribution in [0.5, 0.6) is 0 Å². The van der Waals surface area contributed by atoms with Crippen LogP contribution in [0.25, 0.3) is 16.3 Å². The molecule has 9 heteroatoms. The van der Waals surface area contributed by atoms with Crippen molar-refractivity contribution in [2.24, 2.45) is 0 Å². The molecule has 0 N–H and O–H groups in total. The lowest BCUT2D eigenvalue weighted by molar-refractivity contribution is -0.131. The molecule has 1 atom stereocenters. The minimum absolute atomic E-state index is 0.111. The highest BCUT2D eigenvalue weighted by molar-refractivity contribution is 14.1. The quantitative estimate of drug-likeness (QED) is 0.304. The summed E-state index contributed by atoms with van der Waals surface area (Å²) in [4.78, 5) is 15.9. The molecule has 1 fully saturated rings. The van der Waals surface area contributed by atoms with E-state index in [1.807, 2.05) is 34.5 Å². The van der Waals surface area contributed by atoms with Gasteiger partial charge in [0, 0.05) is 17.5 Å². The maximum atomic E-state index is 12.8. The Labute approximate surface area is 173 Å². The molecular formula is C17H18IN5OS2. The summed E-state index contributed by atoms with van der Waals surface area (Å²) in [5.74, 6) is 0.971. The van der Waals surface area contributed by atoms with E-state index in [2.05, 4.69) is 32.8 Å². The number of piperidine rings is 1. The Balaban J connectivity index is 1.57. The molecule has 1 amide bonds. The van der Waals surface area contributed by atoms with E-state index in [0.29, 0.717) is 5.65 Å². The van der Waals surface area contributed by atoms with E-state index < -0.39 is 0 Å². The van der Waals surface area contributed by atoms with Gasteiger partial charge in [0.05, 0.1) is 10.1 Å². The normalized spacial score (nSPS) is 16.1.